The van der Waals surface area contributed by atoms with E-state index >= 15 is 0 Å². The topological polar surface area (TPSA) is 93.2 Å². The molecular formula is C26H27ClN4O4. The Morgan fingerprint density at radius 3 is 2.60 bits per heavy atom. The van der Waals surface area contributed by atoms with Crippen LogP contribution in [0.5, 0.6) is 17.2 Å². The van der Waals surface area contributed by atoms with Crippen molar-refractivity contribution >= 4 is 23.7 Å². The molecule has 9 heteroatoms. The van der Waals surface area contributed by atoms with Crippen LogP contribution < -0.4 is 30.5 Å². The van der Waals surface area contributed by atoms with Crippen LogP contribution in [0.1, 0.15) is 29.2 Å². The molecule has 3 aromatic carbocycles. The molecule has 8 nitrogen and oxygen atoms in total. The van der Waals surface area contributed by atoms with Gasteiger partial charge < -0.3 is 14.2 Å². The lowest BCUT2D eigenvalue weighted by Crippen LogP contribution is -2.41. The van der Waals surface area contributed by atoms with E-state index in [9.17, 15) is 4.79 Å². The number of carbonyl (C=O) groups excluding carboxylic acids is 1. The number of hydrogen-bond donors (Lipinski definition) is 3. The number of ether oxygens (including phenoxy) is 3. The van der Waals surface area contributed by atoms with Crippen molar-refractivity contribution in [1.82, 2.24) is 16.3 Å². The number of nitrogens with zero attached hydrogens (tertiary/aromatic N) is 1. The van der Waals surface area contributed by atoms with Gasteiger partial charge in [-0.25, -0.2) is 16.3 Å². The number of halogens is 1. The summed E-state index contributed by atoms with van der Waals surface area (Å²) in [5.41, 5.74) is 11.5. The first-order valence-corrected chi connectivity index (χ1v) is 11.5. The Morgan fingerprint density at radius 2 is 1.80 bits per heavy atom. The van der Waals surface area contributed by atoms with Crippen molar-refractivity contribution in [2.75, 3.05) is 14.2 Å². The lowest BCUT2D eigenvalue weighted by molar-refractivity contribution is -0.122. The van der Waals surface area contributed by atoms with Crippen LogP contribution in [0.4, 0.5) is 0 Å². The number of benzene rings is 3. The molecule has 2 unspecified atom stereocenters. The van der Waals surface area contributed by atoms with E-state index in [-0.39, 0.29) is 11.9 Å². The molecule has 1 saturated heterocycles. The number of rotatable bonds is 9. The highest BCUT2D eigenvalue weighted by Crippen LogP contribution is 2.31. The van der Waals surface area contributed by atoms with E-state index < -0.39 is 6.04 Å². The fraction of sp³-hybridized carbons (Fsp3) is 0.231. The largest absolute Gasteiger partial charge is 0.493 e. The van der Waals surface area contributed by atoms with Gasteiger partial charge in [-0.2, -0.15) is 5.10 Å². The van der Waals surface area contributed by atoms with Crippen LogP contribution in [-0.4, -0.2) is 32.4 Å². The van der Waals surface area contributed by atoms with E-state index in [1.165, 1.54) is 0 Å². The van der Waals surface area contributed by atoms with Crippen molar-refractivity contribution in [3.05, 3.63) is 88.4 Å². The average molecular weight is 495 g/mol. The highest BCUT2D eigenvalue weighted by Gasteiger charge is 2.31. The van der Waals surface area contributed by atoms with Crippen molar-refractivity contribution in [2.45, 2.75) is 25.1 Å². The van der Waals surface area contributed by atoms with Crippen LogP contribution in [0.25, 0.3) is 0 Å². The van der Waals surface area contributed by atoms with Gasteiger partial charge in [0.1, 0.15) is 18.4 Å². The SMILES string of the molecule is COc1ccc(/C=N/NC(=O)C2CC(c3ccccc3OCc3ccccc3Cl)NN2)cc1OC. The second kappa shape index (κ2) is 11.7. The molecule has 1 aliphatic heterocycles. The van der Waals surface area contributed by atoms with Crippen molar-refractivity contribution in [2.24, 2.45) is 5.10 Å². The molecule has 1 amide bonds. The Kier molecular flexibility index (Phi) is 8.20. The van der Waals surface area contributed by atoms with E-state index in [0.29, 0.717) is 29.5 Å². The summed E-state index contributed by atoms with van der Waals surface area (Å²) in [6.45, 7) is 0.353. The minimum absolute atomic E-state index is 0.108. The maximum Gasteiger partial charge on any atom is 0.258 e. The number of amides is 1. The van der Waals surface area contributed by atoms with Gasteiger partial charge in [0.15, 0.2) is 11.5 Å². The Balaban J connectivity index is 1.35. The Bertz CT molecular complexity index is 1200. The molecular weight excluding hydrogens is 468 g/mol. The van der Waals surface area contributed by atoms with Crippen LogP contribution in [-0.2, 0) is 11.4 Å². The molecule has 182 valence electrons. The van der Waals surface area contributed by atoms with E-state index in [2.05, 4.69) is 21.4 Å². The molecule has 0 saturated carbocycles. The Hall–Kier alpha value is -3.59. The quantitative estimate of drug-likeness (QED) is 0.307. The van der Waals surface area contributed by atoms with Gasteiger partial charge >= 0.3 is 0 Å². The third kappa shape index (κ3) is 6.10. The lowest BCUT2D eigenvalue weighted by Gasteiger charge is -2.16. The molecule has 1 fully saturated rings. The van der Waals surface area contributed by atoms with E-state index in [1.54, 1.807) is 32.6 Å². The van der Waals surface area contributed by atoms with Gasteiger partial charge in [-0.1, -0.05) is 48.0 Å². The van der Waals surface area contributed by atoms with Crippen LogP contribution in [0.3, 0.4) is 0 Å². The number of hydrazine groups is 1. The van der Waals surface area contributed by atoms with Crippen molar-refractivity contribution in [3.8, 4) is 17.2 Å². The van der Waals surface area contributed by atoms with Gasteiger partial charge in [0, 0.05) is 16.1 Å². The first-order chi connectivity index (χ1) is 17.1. The molecule has 3 aromatic rings. The molecule has 0 bridgehead atoms. The zero-order chi connectivity index (χ0) is 24.6. The minimum Gasteiger partial charge on any atom is -0.493 e. The van der Waals surface area contributed by atoms with Crippen LogP contribution in [0, 0.1) is 0 Å². The fourth-order valence-electron chi connectivity index (χ4n) is 3.78. The number of nitrogens with one attached hydrogen (secondary N) is 3. The monoisotopic (exact) mass is 494 g/mol. The molecule has 0 radical (unpaired) electrons. The van der Waals surface area contributed by atoms with Gasteiger partial charge in [-0.05, 0) is 42.3 Å². The second-order valence-electron chi connectivity index (χ2n) is 7.90. The first kappa shape index (κ1) is 24.5. The average Bonchev–Trinajstić information content (AvgIpc) is 3.38. The predicted molar refractivity (Wildman–Crippen MR) is 135 cm³/mol. The number of para-hydroxylation sites is 1. The van der Waals surface area contributed by atoms with Crippen molar-refractivity contribution in [3.63, 3.8) is 0 Å². The van der Waals surface area contributed by atoms with Gasteiger partial charge in [-0.15, -0.1) is 0 Å². The van der Waals surface area contributed by atoms with Crippen LogP contribution >= 0.6 is 11.6 Å². The molecule has 1 aliphatic rings. The zero-order valence-electron chi connectivity index (χ0n) is 19.5. The van der Waals surface area contributed by atoms with E-state index in [1.807, 2.05) is 54.6 Å². The summed E-state index contributed by atoms with van der Waals surface area (Å²) >= 11 is 6.25. The fourth-order valence-corrected chi connectivity index (χ4v) is 3.97. The van der Waals surface area contributed by atoms with Gasteiger partial charge in [0.2, 0.25) is 0 Å². The summed E-state index contributed by atoms with van der Waals surface area (Å²) in [4.78, 5) is 12.7. The summed E-state index contributed by atoms with van der Waals surface area (Å²) in [5, 5.41) is 4.74. The van der Waals surface area contributed by atoms with Crippen molar-refractivity contribution in [1.29, 1.82) is 0 Å². The summed E-state index contributed by atoms with van der Waals surface area (Å²) in [6.07, 6.45) is 2.09. The number of carbonyl (C=O) groups is 1. The predicted octanol–water partition coefficient (Wildman–Crippen LogP) is 3.99. The maximum atomic E-state index is 12.7. The van der Waals surface area contributed by atoms with E-state index in [0.717, 1.165) is 22.4 Å². The summed E-state index contributed by atoms with van der Waals surface area (Å²) < 4.78 is 16.6. The summed E-state index contributed by atoms with van der Waals surface area (Å²) in [5.74, 6) is 1.70. The molecule has 1 heterocycles. The summed E-state index contributed by atoms with van der Waals surface area (Å²) in [6, 6.07) is 20.2. The number of methoxy groups -OCH3 is 2. The third-order valence-corrected chi connectivity index (χ3v) is 6.02. The molecule has 2 atom stereocenters. The molecule has 3 N–H and O–H groups in total. The highest BCUT2D eigenvalue weighted by atomic mass is 35.5. The third-order valence-electron chi connectivity index (χ3n) is 5.65. The lowest BCUT2D eigenvalue weighted by atomic mass is 10.0. The molecule has 0 spiro atoms. The van der Waals surface area contributed by atoms with E-state index in [4.69, 9.17) is 25.8 Å². The Labute approximate surface area is 209 Å². The normalized spacial score (nSPS) is 17.3. The van der Waals surface area contributed by atoms with Gasteiger partial charge in [0.05, 0.1) is 26.5 Å². The maximum absolute atomic E-state index is 12.7. The zero-order valence-corrected chi connectivity index (χ0v) is 20.2. The molecule has 0 aliphatic carbocycles. The Morgan fingerprint density at radius 1 is 1.03 bits per heavy atom. The van der Waals surface area contributed by atoms with Crippen LogP contribution in [0.15, 0.2) is 71.8 Å². The molecule has 35 heavy (non-hydrogen) atoms. The van der Waals surface area contributed by atoms with Crippen molar-refractivity contribution < 1.29 is 19.0 Å². The number of hydrazone groups is 1. The number of hydrogen-bond acceptors (Lipinski definition) is 7. The molecule has 4 rings (SSSR count). The summed E-state index contributed by atoms with van der Waals surface area (Å²) in [7, 11) is 3.14. The minimum atomic E-state index is -0.459. The second-order valence-corrected chi connectivity index (χ2v) is 8.30. The van der Waals surface area contributed by atoms with Gasteiger partial charge in [-0.3, -0.25) is 4.79 Å². The standard InChI is InChI=1S/C26H27ClN4O4/c1-33-24-12-11-17(13-25(24)34-2)15-28-31-26(32)22-14-21(29-30-22)19-8-4-6-10-23(19)35-16-18-7-3-5-9-20(18)27/h3-13,15,21-22,29-30H,14,16H2,1-2H3,(H,31,32)/b28-15+. The molecule has 0 aromatic heterocycles. The smallest absolute Gasteiger partial charge is 0.258 e. The van der Waals surface area contributed by atoms with Gasteiger partial charge in [0.25, 0.3) is 5.91 Å². The first-order valence-electron chi connectivity index (χ1n) is 11.1. The van der Waals surface area contributed by atoms with Crippen LogP contribution in [0.2, 0.25) is 5.02 Å². The highest BCUT2D eigenvalue weighted by molar-refractivity contribution is 6.31.